The Morgan fingerprint density at radius 2 is 1.90 bits per heavy atom. The second kappa shape index (κ2) is 7.38. The molecule has 0 atom stereocenters. The Morgan fingerprint density at radius 1 is 1.17 bits per heavy atom. The zero-order valence-corrected chi connectivity index (χ0v) is 16.5. The maximum atomic E-state index is 12.9. The minimum atomic E-state index is -4.44. The SMILES string of the molecule is Cc1cc(CNC(=O)OC(C)(C)C)ccc1-c1nc2cc(C(F)(F)F)ccn2n1. The number of alkyl halides is 3. The number of hydrogen-bond acceptors (Lipinski definition) is 4. The normalized spacial score (nSPS) is 12.2. The van der Waals surface area contributed by atoms with Crippen molar-refractivity contribution in [2.75, 3.05) is 0 Å². The molecule has 2 heterocycles. The van der Waals surface area contributed by atoms with Crippen LogP contribution in [0.25, 0.3) is 17.0 Å². The summed E-state index contributed by atoms with van der Waals surface area (Å²) in [4.78, 5) is 16.0. The van der Waals surface area contributed by atoms with Gasteiger partial charge in [0.25, 0.3) is 0 Å². The van der Waals surface area contributed by atoms with E-state index in [9.17, 15) is 18.0 Å². The Balaban J connectivity index is 1.79. The van der Waals surface area contributed by atoms with Crippen molar-refractivity contribution in [1.29, 1.82) is 0 Å². The predicted molar refractivity (Wildman–Crippen MR) is 101 cm³/mol. The van der Waals surface area contributed by atoms with Crippen LogP contribution in [0.5, 0.6) is 0 Å². The average Bonchev–Trinajstić information content (AvgIpc) is 3.00. The summed E-state index contributed by atoms with van der Waals surface area (Å²) in [7, 11) is 0. The van der Waals surface area contributed by atoms with Crippen molar-refractivity contribution < 1.29 is 22.7 Å². The van der Waals surface area contributed by atoms with Crippen molar-refractivity contribution in [3.05, 3.63) is 53.2 Å². The molecule has 1 amide bonds. The number of halogens is 3. The van der Waals surface area contributed by atoms with Crippen LogP contribution in [0.15, 0.2) is 36.5 Å². The first-order chi connectivity index (χ1) is 13.4. The zero-order chi connectivity index (χ0) is 21.4. The lowest BCUT2D eigenvalue weighted by molar-refractivity contribution is -0.137. The molecule has 154 valence electrons. The Hall–Kier alpha value is -3.10. The molecule has 1 N–H and O–H groups in total. The summed E-state index contributed by atoms with van der Waals surface area (Å²) in [6, 6.07) is 7.36. The molecule has 0 saturated heterocycles. The monoisotopic (exact) mass is 406 g/mol. The molecule has 29 heavy (non-hydrogen) atoms. The predicted octanol–water partition coefficient (Wildman–Crippen LogP) is 4.75. The van der Waals surface area contributed by atoms with Gasteiger partial charge in [-0.1, -0.05) is 18.2 Å². The summed E-state index contributed by atoms with van der Waals surface area (Å²) < 4.78 is 45.1. The lowest BCUT2D eigenvalue weighted by atomic mass is 10.0. The largest absolute Gasteiger partial charge is 0.444 e. The van der Waals surface area contributed by atoms with Crippen molar-refractivity contribution in [2.24, 2.45) is 0 Å². The molecule has 0 fully saturated rings. The third-order valence-corrected chi connectivity index (χ3v) is 4.03. The van der Waals surface area contributed by atoms with E-state index >= 15 is 0 Å². The number of amides is 1. The van der Waals surface area contributed by atoms with Crippen LogP contribution in [0.2, 0.25) is 0 Å². The number of ether oxygens (including phenoxy) is 1. The van der Waals surface area contributed by atoms with Crippen molar-refractivity contribution in [3.63, 3.8) is 0 Å². The second-order valence-corrected chi connectivity index (χ2v) is 7.66. The van der Waals surface area contributed by atoms with E-state index in [0.717, 1.165) is 23.3 Å². The Kier molecular flexibility index (Phi) is 5.25. The molecule has 1 aromatic carbocycles. The van der Waals surface area contributed by atoms with Crippen molar-refractivity contribution >= 4 is 11.7 Å². The summed E-state index contributed by atoms with van der Waals surface area (Å²) in [5.41, 5.74) is 1.14. The van der Waals surface area contributed by atoms with Gasteiger partial charge >= 0.3 is 12.3 Å². The number of pyridine rings is 1. The standard InChI is InChI=1S/C20H21F3N4O2/c1-12-9-13(11-24-18(28)29-19(2,3)4)5-6-15(12)17-25-16-10-14(20(21,22)23)7-8-27(16)26-17/h5-10H,11H2,1-4H3,(H,24,28). The van der Waals surface area contributed by atoms with Gasteiger partial charge in [-0.05, 0) is 51.0 Å². The van der Waals surface area contributed by atoms with E-state index < -0.39 is 23.4 Å². The molecular formula is C20H21F3N4O2. The number of nitrogens with one attached hydrogen (secondary N) is 1. The summed E-state index contributed by atoms with van der Waals surface area (Å²) >= 11 is 0. The van der Waals surface area contributed by atoms with Gasteiger partial charge in [0.2, 0.25) is 0 Å². The van der Waals surface area contributed by atoms with Crippen LogP contribution >= 0.6 is 0 Å². The van der Waals surface area contributed by atoms with Crippen LogP contribution in [0.3, 0.4) is 0 Å². The topological polar surface area (TPSA) is 68.5 Å². The zero-order valence-electron chi connectivity index (χ0n) is 16.5. The van der Waals surface area contributed by atoms with E-state index in [1.165, 1.54) is 10.7 Å². The number of benzene rings is 1. The van der Waals surface area contributed by atoms with Gasteiger partial charge in [0.15, 0.2) is 11.5 Å². The van der Waals surface area contributed by atoms with Crippen LogP contribution in [0, 0.1) is 6.92 Å². The second-order valence-electron chi connectivity index (χ2n) is 7.66. The van der Waals surface area contributed by atoms with E-state index in [-0.39, 0.29) is 12.2 Å². The highest BCUT2D eigenvalue weighted by Crippen LogP contribution is 2.30. The highest BCUT2D eigenvalue weighted by atomic mass is 19.4. The van der Waals surface area contributed by atoms with Crippen LogP contribution in [0.4, 0.5) is 18.0 Å². The number of aromatic nitrogens is 3. The van der Waals surface area contributed by atoms with Gasteiger partial charge in [0, 0.05) is 18.3 Å². The van der Waals surface area contributed by atoms with Gasteiger partial charge in [-0.2, -0.15) is 13.2 Å². The van der Waals surface area contributed by atoms with E-state index in [0.29, 0.717) is 11.4 Å². The van der Waals surface area contributed by atoms with E-state index in [2.05, 4.69) is 15.4 Å². The minimum Gasteiger partial charge on any atom is -0.444 e. The number of carbonyl (C=O) groups excluding carboxylic acids is 1. The van der Waals surface area contributed by atoms with Gasteiger partial charge in [0.1, 0.15) is 5.60 Å². The lowest BCUT2D eigenvalue weighted by Crippen LogP contribution is -2.32. The number of hydrogen-bond donors (Lipinski definition) is 1. The van der Waals surface area contributed by atoms with Gasteiger partial charge in [-0.15, -0.1) is 5.10 Å². The van der Waals surface area contributed by atoms with Gasteiger partial charge < -0.3 is 10.1 Å². The fraction of sp³-hybridized carbons (Fsp3) is 0.350. The first-order valence-corrected chi connectivity index (χ1v) is 8.93. The van der Waals surface area contributed by atoms with Gasteiger partial charge in [0.05, 0.1) is 5.56 Å². The average molecular weight is 406 g/mol. The third-order valence-electron chi connectivity index (χ3n) is 4.03. The van der Waals surface area contributed by atoms with E-state index in [1.54, 1.807) is 32.9 Å². The molecule has 6 nitrogen and oxygen atoms in total. The highest BCUT2D eigenvalue weighted by molar-refractivity contribution is 5.68. The molecule has 0 aliphatic carbocycles. The lowest BCUT2D eigenvalue weighted by Gasteiger charge is -2.19. The molecule has 0 radical (unpaired) electrons. The van der Waals surface area contributed by atoms with Crippen LogP contribution in [-0.4, -0.2) is 26.3 Å². The fourth-order valence-electron chi connectivity index (χ4n) is 2.75. The fourth-order valence-corrected chi connectivity index (χ4v) is 2.75. The molecular weight excluding hydrogens is 385 g/mol. The summed E-state index contributed by atoms with van der Waals surface area (Å²) in [5, 5.41) is 6.94. The van der Waals surface area contributed by atoms with Gasteiger partial charge in [-0.25, -0.2) is 14.3 Å². The van der Waals surface area contributed by atoms with E-state index in [4.69, 9.17) is 4.74 Å². The minimum absolute atomic E-state index is 0.116. The molecule has 0 aliphatic rings. The Labute approximate surface area is 165 Å². The number of aryl methyl sites for hydroxylation is 1. The maximum absolute atomic E-state index is 12.9. The summed E-state index contributed by atoms with van der Waals surface area (Å²) in [5.74, 6) is 0.327. The molecule has 0 aliphatic heterocycles. The van der Waals surface area contributed by atoms with E-state index in [1.807, 2.05) is 13.0 Å². The smallest absolute Gasteiger partial charge is 0.416 e. The van der Waals surface area contributed by atoms with Crippen molar-refractivity contribution in [2.45, 2.75) is 46.0 Å². The van der Waals surface area contributed by atoms with Crippen LogP contribution in [-0.2, 0) is 17.5 Å². The van der Waals surface area contributed by atoms with Crippen molar-refractivity contribution in [3.8, 4) is 11.4 Å². The molecule has 2 aromatic heterocycles. The first kappa shape index (κ1) is 20.6. The summed E-state index contributed by atoms with van der Waals surface area (Å²) in [6.07, 6.45) is -3.71. The highest BCUT2D eigenvalue weighted by Gasteiger charge is 2.31. The molecule has 3 aromatic rings. The first-order valence-electron chi connectivity index (χ1n) is 8.93. The molecule has 0 saturated carbocycles. The maximum Gasteiger partial charge on any atom is 0.416 e. The molecule has 0 unspecified atom stereocenters. The van der Waals surface area contributed by atoms with Crippen LogP contribution in [0.1, 0.15) is 37.5 Å². The third kappa shape index (κ3) is 5.04. The molecule has 9 heteroatoms. The summed E-state index contributed by atoms with van der Waals surface area (Å²) in [6.45, 7) is 7.48. The quantitative estimate of drug-likeness (QED) is 0.682. The van der Waals surface area contributed by atoms with Gasteiger partial charge in [-0.3, -0.25) is 0 Å². The van der Waals surface area contributed by atoms with Crippen LogP contribution < -0.4 is 5.32 Å². The number of rotatable bonds is 3. The number of fused-ring (bicyclic) bond motifs is 1. The molecule has 0 bridgehead atoms. The molecule has 0 spiro atoms. The Morgan fingerprint density at radius 3 is 2.52 bits per heavy atom. The number of carbonyl (C=O) groups is 1. The number of alkyl carbamates (subject to hydrolysis) is 1. The molecule has 3 rings (SSSR count). The van der Waals surface area contributed by atoms with Crippen molar-refractivity contribution in [1.82, 2.24) is 19.9 Å². The number of nitrogens with zero attached hydrogens (tertiary/aromatic N) is 3. The Bertz CT molecular complexity index is 1050.